The lowest BCUT2D eigenvalue weighted by Crippen LogP contribution is -2.38. The minimum Gasteiger partial charge on any atom is -0.481 e. The van der Waals surface area contributed by atoms with Crippen molar-refractivity contribution < 1.29 is 14.7 Å². The van der Waals surface area contributed by atoms with Crippen molar-refractivity contribution in [1.29, 1.82) is 0 Å². The average molecular weight is 310 g/mol. The minimum atomic E-state index is -0.857. The van der Waals surface area contributed by atoms with Crippen molar-refractivity contribution in [3.05, 3.63) is 34.3 Å². The lowest BCUT2D eigenvalue weighted by Gasteiger charge is -2.33. The van der Waals surface area contributed by atoms with E-state index in [0.717, 1.165) is 11.1 Å². The van der Waals surface area contributed by atoms with E-state index in [1.165, 1.54) is 0 Å². The molecule has 2 rings (SSSR count). The standard InChI is InChI=1S/C16H20ClNO3/c1-3-18-14(19)6-4-5-12(16(20)21)15(18)11-8-7-10(2)13(17)9-11/h7-9,12,15H,3-6H2,1-2H3,(H,20,21). The Labute approximate surface area is 129 Å². The number of halogens is 1. The Bertz CT molecular complexity index is 556. The number of aliphatic carboxylic acids is 1. The molecule has 1 N–H and O–H groups in total. The Kier molecular flexibility index (Phi) is 4.88. The molecule has 5 heteroatoms. The minimum absolute atomic E-state index is 0.0166. The van der Waals surface area contributed by atoms with Gasteiger partial charge in [0.05, 0.1) is 12.0 Å². The quantitative estimate of drug-likeness (QED) is 0.930. The van der Waals surface area contributed by atoms with Gasteiger partial charge in [-0.2, -0.15) is 0 Å². The van der Waals surface area contributed by atoms with Gasteiger partial charge in [0.2, 0.25) is 5.91 Å². The highest BCUT2D eigenvalue weighted by Crippen LogP contribution is 2.37. The van der Waals surface area contributed by atoms with Crippen LogP contribution in [-0.4, -0.2) is 28.4 Å². The molecule has 4 nitrogen and oxygen atoms in total. The Morgan fingerprint density at radius 2 is 2.19 bits per heavy atom. The molecule has 2 atom stereocenters. The lowest BCUT2D eigenvalue weighted by molar-refractivity contribution is -0.146. The third-order valence-electron chi connectivity index (χ3n) is 4.14. The molecule has 1 aliphatic rings. The van der Waals surface area contributed by atoms with E-state index in [2.05, 4.69) is 0 Å². The number of rotatable bonds is 3. The van der Waals surface area contributed by atoms with Gasteiger partial charge in [-0.25, -0.2) is 0 Å². The van der Waals surface area contributed by atoms with E-state index in [9.17, 15) is 14.7 Å². The van der Waals surface area contributed by atoms with Gasteiger partial charge in [0.1, 0.15) is 0 Å². The zero-order chi connectivity index (χ0) is 15.6. The Morgan fingerprint density at radius 1 is 1.48 bits per heavy atom. The topological polar surface area (TPSA) is 57.6 Å². The maximum atomic E-state index is 12.2. The number of benzene rings is 1. The third-order valence-corrected chi connectivity index (χ3v) is 4.55. The second-order valence-electron chi connectivity index (χ2n) is 5.47. The fourth-order valence-corrected chi connectivity index (χ4v) is 3.17. The first-order chi connectivity index (χ1) is 9.95. The number of carbonyl (C=O) groups excluding carboxylic acids is 1. The van der Waals surface area contributed by atoms with Gasteiger partial charge < -0.3 is 10.0 Å². The second-order valence-corrected chi connectivity index (χ2v) is 5.88. The monoisotopic (exact) mass is 309 g/mol. The van der Waals surface area contributed by atoms with Crippen LogP contribution in [0.1, 0.15) is 43.4 Å². The lowest BCUT2D eigenvalue weighted by atomic mass is 9.89. The molecule has 114 valence electrons. The normalized spacial score (nSPS) is 23.0. The summed E-state index contributed by atoms with van der Waals surface area (Å²) >= 11 is 6.18. The van der Waals surface area contributed by atoms with Gasteiger partial charge in [0.25, 0.3) is 0 Å². The van der Waals surface area contributed by atoms with Crippen LogP contribution in [0.5, 0.6) is 0 Å². The molecule has 1 fully saturated rings. The number of carbonyl (C=O) groups is 2. The van der Waals surface area contributed by atoms with Crippen LogP contribution in [-0.2, 0) is 9.59 Å². The van der Waals surface area contributed by atoms with E-state index in [-0.39, 0.29) is 5.91 Å². The summed E-state index contributed by atoms with van der Waals surface area (Å²) in [4.78, 5) is 25.6. The van der Waals surface area contributed by atoms with Gasteiger partial charge in [-0.3, -0.25) is 9.59 Å². The molecule has 0 radical (unpaired) electrons. The molecular formula is C16H20ClNO3. The molecule has 0 aliphatic carbocycles. The number of hydrogen-bond acceptors (Lipinski definition) is 2. The molecule has 1 heterocycles. The van der Waals surface area contributed by atoms with E-state index in [4.69, 9.17) is 11.6 Å². The first-order valence-electron chi connectivity index (χ1n) is 7.24. The van der Waals surface area contributed by atoms with Crippen molar-refractivity contribution >= 4 is 23.5 Å². The van der Waals surface area contributed by atoms with E-state index < -0.39 is 17.9 Å². The van der Waals surface area contributed by atoms with Gasteiger partial charge in [0, 0.05) is 18.0 Å². The second kappa shape index (κ2) is 6.48. The van der Waals surface area contributed by atoms with Crippen LogP contribution in [0.25, 0.3) is 0 Å². The summed E-state index contributed by atoms with van der Waals surface area (Å²) in [5, 5.41) is 10.1. The summed E-state index contributed by atoms with van der Waals surface area (Å²) in [6.45, 7) is 4.28. The van der Waals surface area contributed by atoms with Crippen molar-refractivity contribution in [2.24, 2.45) is 5.92 Å². The van der Waals surface area contributed by atoms with Crippen LogP contribution in [0, 0.1) is 12.8 Å². The summed E-state index contributed by atoms with van der Waals surface area (Å²) in [6.07, 6.45) is 1.53. The molecule has 1 aromatic rings. The van der Waals surface area contributed by atoms with Crippen molar-refractivity contribution in [2.75, 3.05) is 6.54 Å². The smallest absolute Gasteiger partial charge is 0.308 e. The fourth-order valence-electron chi connectivity index (χ4n) is 2.98. The molecule has 1 saturated heterocycles. The Hall–Kier alpha value is -1.55. The number of nitrogens with zero attached hydrogens (tertiary/aromatic N) is 1. The van der Waals surface area contributed by atoms with Crippen molar-refractivity contribution in [1.82, 2.24) is 4.90 Å². The SMILES string of the molecule is CCN1C(=O)CCCC(C(=O)O)C1c1ccc(C)c(Cl)c1. The molecule has 21 heavy (non-hydrogen) atoms. The largest absolute Gasteiger partial charge is 0.481 e. The number of likely N-dealkylation sites (tertiary alicyclic amines) is 1. The van der Waals surface area contributed by atoms with E-state index >= 15 is 0 Å². The number of hydrogen-bond donors (Lipinski definition) is 1. The Morgan fingerprint density at radius 3 is 2.76 bits per heavy atom. The zero-order valence-corrected chi connectivity index (χ0v) is 13.1. The zero-order valence-electron chi connectivity index (χ0n) is 12.3. The van der Waals surface area contributed by atoms with Crippen LogP contribution in [0.2, 0.25) is 5.02 Å². The molecular weight excluding hydrogens is 290 g/mol. The number of amides is 1. The molecule has 0 spiro atoms. The van der Waals surface area contributed by atoms with Crippen LogP contribution in [0.4, 0.5) is 0 Å². The van der Waals surface area contributed by atoms with Crippen LogP contribution in [0.3, 0.4) is 0 Å². The average Bonchev–Trinajstić information content (AvgIpc) is 2.60. The van der Waals surface area contributed by atoms with Gasteiger partial charge in [-0.15, -0.1) is 0 Å². The van der Waals surface area contributed by atoms with Gasteiger partial charge in [0.15, 0.2) is 0 Å². The molecule has 2 unspecified atom stereocenters. The summed E-state index contributed by atoms with van der Waals surface area (Å²) < 4.78 is 0. The summed E-state index contributed by atoms with van der Waals surface area (Å²) in [5.41, 5.74) is 1.74. The van der Waals surface area contributed by atoms with Crippen molar-refractivity contribution in [3.63, 3.8) is 0 Å². The molecule has 0 saturated carbocycles. The predicted molar refractivity (Wildman–Crippen MR) is 81.3 cm³/mol. The first-order valence-corrected chi connectivity index (χ1v) is 7.61. The van der Waals surface area contributed by atoms with Gasteiger partial charge in [-0.05, 0) is 43.9 Å². The molecule has 1 aliphatic heterocycles. The highest BCUT2D eigenvalue weighted by Gasteiger charge is 2.38. The maximum absolute atomic E-state index is 12.2. The molecule has 1 amide bonds. The van der Waals surface area contributed by atoms with E-state index in [1.807, 2.05) is 26.0 Å². The van der Waals surface area contributed by atoms with Gasteiger partial charge >= 0.3 is 5.97 Å². The maximum Gasteiger partial charge on any atom is 0.308 e. The van der Waals surface area contributed by atoms with Crippen molar-refractivity contribution in [2.45, 2.75) is 39.2 Å². The number of carboxylic acid groups (broad SMARTS) is 1. The third kappa shape index (κ3) is 3.21. The summed E-state index contributed by atoms with van der Waals surface area (Å²) in [6, 6.07) is 5.10. The first kappa shape index (κ1) is 15.8. The molecule has 0 aromatic heterocycles. The summed E-state index contributed by atoms with van der Waals surface area (Å²) in [7, 11) is 0. The van der Waals surface area contributed by atoms with E-state index in [1.54, 1.807) is 11.0 Å². The highest BCUT2D eigenvalue weighted by atomic mass is 35.5. The predicted octanol–water partition coefficient (Wildman–Crippen LogP) is 3.42. The number of carboxylic acids is 1. The Balaban J connectivity index is 2.50. The van der Waals surface area contributed by atoms with Crippen LogP contribution >= 0.6 is 11.6 Å². The molecule has 0 bridgehead atoms. The van der Waals surface area contributed by atoms with Crippen LogP contribution < -0.4 is 0 Å². The summed E-state index contributed by atoms with van der Waals surface area (Å²) in [5.74, 6) is -1.43. The fraction of sp³-hybridized carbons (Fsp3) is 0.500. The number of aryl methyl sites for hydroxylation is 1. The van der Waals surface area contributed by atoms with Crippen molar-refractivity contribution in [3.8, 4) is 0 Å². The highest BCUT2D eigenvalue weighted by molar-refractivity contribution is 6.31. The van der Waals surface area contributed by atoms with E-state index in [0.29, 0.717) is 30.8 Å². The van der Waals surface area contributed by atoms with Gasteiger partial charge in [-0.1, -0.05) is 23.7 Å². The van der Waals surface area contributed by atoms with Crippen LogP contribution in [0.15, 0.2) is 18.2 Å². The molecule has 1 aromatic carbocycles.